The van der Waals surface area contributed by atoms with Gasteiger partial charge in [-0.2, -0.15) is 0 Å². The maximum absolute atomic E-state index is 13.8. The molecule has 0 saturated heterocycles. The Kier molecular flexibility index (Phi) is 10.6. The third-order valence-corrected chi connectivity index (χ3v) is 8.08. The van der Waals surface area contributed by atoms with Crippen LogP contribution in [0.5, 0.6) is 0 Å². The molecule has 0 aliphatic rings. The van der Waals surface area contributed by atoms with E-state index in [2.05, 4.69) is 5.32 Å². The molecule has 0 radical (unpaired) electrons. The van der Waals surface area contributed by atoms with Gasteiger partial charge in [-0.1, -0.05) is 49.2 Å². The molecule has 2 amide bonds. The van der Waals surface area contributed by atoms with Crippen molar-refractivity contribution >= 4 is 50.7 Å². The fraction of sp³-hybridized carbons (Fsp3) is 0.462. The fourth-order valence-electron chi connectivity index (χ4n) is 3.71. The van der Waals surface area contributed by atoms with Gasteiger partial charge in [0.25, 0.3) is 0 Å². The zero-order valence-electron chi connectivity index (χ0n) is 21.6. The van der Waals surface area contributed by atoms with Crippen molar-refractivity contribution < 1.29 is 18.0 Å². The third-order valence-electron chi connectivity index (χ3n) is 6.23. The van der Waals surface area contributed by atoms with E-state index >= 15 is 0 Å². The standard InChI is InChI=1S/C26H35Cl2N3O4S/c1-7-19(5)29-26(33)24(8-2)30(15-21-22(27)10-9-11-23(21)28)25(32)16-31(36(6,34)35)20-13-12-17(3)18(4)14-20/h9-14,19,24H,7-8,15-16H2,1-6H3,(H,29,33). The molecular weight excluding hydrogens is 521 g/mol. The van der Waals surface area contributed by atoms with Crippen molar-refractivity contribution in [2.45, 2.75) is 66.1 Å². The summed E-state index contributed by atoms with van der Waals surface area (Å²) in [5.41, 5.74) is 2.76. The predicted octanol–water partition coefficient (Wildman–Crippen LogP) is 5.10. The molecule has 7 nitrogen and oxygen atoms in total. The summed E-state index contributed by atoms with van der Waals surface area (Å²) in [7, 11) is -3.81. The topological polar surface area (TPSA) is 86.8 Å². The lowest BCUT2D eigenvalue weighted by molar-refractivity contribution is -0.140. The van der Waals surface area contributed by atoms with E-state index < -0.39 is 28.5 Å². The number of aryl methyl sites for hydroxylation is 2. The Morgan fingerprint density at radius 1 is 1.00 bits per heavy atom. The van der Waals surface area contributed by atoms with E-state index in [-0.39, 0.29) is 18.5 Å². The molecule has 0 heterocycles. The van der Waals surface area contributed by atoms with Gasteiger partial charge in [-0.25, -0.2) is 8.42 Å². The summed E-state index contributed by atoms with van der Waals surface area (Å²) in [6, 6.07) is 9.27. The van der Waals surface area contributed by atoms with Crippen molar-refractivity contribution in [3.8, 4) is 0 Å². The first-order valence-corrected chi connectivity index (χ1v) is 14.5. The van der Waals surface area contributed by atoms with Crippen molar-refractivity contribution in [2.75, 3.05) is 17.1 Å². The van der Waals surface area contributed by atoms with Crippen molar-refractivity contribution in [2.24, 2.45) is 0 Å². The van der Waals surface area contributed by atoms with Crippen LogP contribution in [-0.2, 0) is 26.2 Å². The van der Waals surface area contributed by atoms with E-state index in [1.807, 2.05) is 33.8 Å². The van der Waals surface area contributed by atoms with Crippen molar-refractivity contribution in [1.82, 2.24) is 10.2 Å². The minimum atomic E-state index is -3.81. The Morgan fingerprint density at radius 3 is 2.11 bits per heavy atom. The van der Waals surface area contributed by atoms with Gasteiger partial charge in [0.15, 0.2) is 0 Å². The van der Waals surface area contributed by atoms with Crippen LogP contribution < -0.4 is 9.62 Å². The lowest BCUT2D eigenvalue weighted by Crippen LogP contribution is -2.53. The zero-order valence-corrected chi connectivity index (χ0v) is 24.0. The molecule has 0 bridgehead atoms. The molecule has 2 rings (SSSR count). The molecule has 2 unspecified atom stereocenters. The number of nitrogens with zero attached hydrogens (tertiary/aromatic N) is 2. The summed E-state index contributed by atoms with van der Waals surface area (Å²) in [5, 5.41) is 3.64. The third kappa shape index (κ3) is 7.60. The maximum atomic E-state index is 13.8. The van der Waals surface area contributed by atoms with Crippen molar-refractivity contribution in [1.29, 1.82) is 0 Å². The number of sulfonamides is 1. The number of carbonyl (C=O) groups is 2. The number of carbonyl (C=O) groups excluding carboxylic acids is 2. The summed E-state index contributed by atoms with van der Waals surface area (Å²) in [6.45, 7) is 8.90. The molecule has 0 fully saturated rings. The lowest BCUT2D eigenvalue weighted by Gasteiger charge is -2.33. The number of benzene rings is 2. The highest BCUT2D eigenvalue weighted by molar-refractivity contribution is 7.92. The highest BCUT2D eigenvalue weighted by Gasteiger charge is 2.33. The minimum absolute atomic E-state index is 0.0473. The molecule has 2 aromatic carbocycles. The second-order valence-electron chi connectivity index (χ2n) is 9.00. The SMILES string of the molecule is CCC(C)NC(=O)C(CC)N(Cc1c(Cl)cccc1Cl)C(=O)CN(c1ccc(C)c(C)c1)S(C)(=O)=O. The van der Waals surface area contributed by atoms with Gasteiger partial charge in [0.1, 0.15) is 12.6 Å². The predicted molar refractivity (Wildman–Crippen MR) is 147 cm³/mol. The molecule has 2 aromatic rings. The number of hydrogen-bond acceptors (Lipinski definition) is 4. The molecule has 2 atom stereocenters. The lowest BCUT2D eigenvalue weighted by atomic mass is 10.1. The minimum Gasteiger partial charge on any atom is -0.352 e. The van der Waals surface area contributed by atoms with Gasteiger partial charge in [0.05, 0.1) is 11.9 Å². The van der Waals surface area contributed by atoms with Crippen LogP contribution in [0.3, 0.4) is 0 Å². The van der Waals surface area contributed by atoms with Crippen LogP contribution in [0.25, 0.3) is 0 Å². The smallest absolute Gasteiger partial charge is 0.244 e. The van der Waals surface area contributed by atoms with Crippen molar-refractivity contribution in [3.05, 3.63) is 63.1 Å². The first-order valence-electron chi connectivity index (χ1n) is 11.9. The Labute approximate surface area is 224 Å². The molecule has 0 spiro atoms. The number of amides is 2. The summed E-state index contributed by atoms with van der Waals surface area (Å²) >= 11 is 12.8. The highest BCUT2D eigenvalue weighted by Crippen LogP contribution is 2.28. The van der Waals surface area contributed by atoms with Crippen LogP contribution in [0.1, 0.15) is 50.3 Å². The van der Waals surface area contributed by atoms with Gasteiger partial charge >= 0.3 is 0 Å². The zero-order chi connectivity index (χ0) is 27.2. The summed E-state index contributed by atoms with van der Waals surface area (Å²) in [4.78, 5) is 28.3. The van der Waals surface area contributed by atoms with Crippen LogP contribution in [-0.4, -0.2) is 50.0 Å². The van der Waals surface area contributed by atoms with Crippen LogP contribution in [0, 0.1) is 13.8 Å². The number of nitrogens with one attached hydrogen (secondary N) is 1. The first-order chi connectivity index (χ1) is 16.8. The molecule has 0 aliphatic carbocycles. The molecule has 0 aromatic heterocycles. The van der Waals surface area contributed by atoms with E-state index in [0.29, 0.717) is 27.7 Å². The van der Waals surface area contributed by atoms with Gasteiger partial charge in [0, 0.05) is 28.2 Å². The van der Waals surface area contributed by atoms with Gasteiger partial charge < -0.3 is 10.2 Å². The molecule has 10 heteroatoms. The van der Waals surface area contributed by atoms with E-state index in [1.165, 1.54) is 4.90 Å². The second-order valence-corrected chi connectivity index (χ2v) is 11.7. The van der Waals surface area contributed by atoms with E-state index in [0.717, 1.165) is 28.1 Å². The summed E-state index contributed by atoms with van der Waals surface area (Å²) in [5.74, 6) is -0.860. The Bertz CT molecular complexity index is 1180. The average Bonchev–Trinajstić information content (AvgIpc) is 2.80. The van der Waals surface area contributed by atoms with Gasteiger partial charge in [-0.05, 0) is 69.0 Å². The monoisotopic (exact) mass is 555 g/mol. The first kappa shape index (κ1) is 29.9. The normalized spacial score (nSPS) is 13.1. The van der Waals surface area contributed by atoms with Crippen LogP contribution >= 0.6 is 23.2 Å². The van der Waals surface area contributed by atoms with E-state index in [4.69, 9.17) is 23.2 Å². The average molecular weight is 557 g/mol. The summed E-state index contributed by atoms with van der Waals surface area (Å²) in [6.07, 6.45) is 2.09. The Balaban J connectivity index is 2.52. The van der Waals surface area contributed by atoms with Gasteiger partial charge in [-0.15, -0.1) is 0 Å². The number of halogens is 2. The van der Waals surface area contributed by atoms with E-state index in [1.54, 1.807) is 37.3 Å². The molecule has 0 saturated carbocycles. The van der Waals surface area contributed by atoms with Gasteiger partial charge in [-0.3, -0.25) is 13.9 Å². The molecule has 0 aliphatic heterocycles. The number of hydrogen-bond donors (Lipinski definition) is 1. The number of rotatable bonds is 11. The Hall–Kier alpha value is -2.29. The quantitative estimate of drug-likeness (QED) is 0.418. The fourth-order valence-corrected chi connectivity index (χ4v) is 5.07. The maximum Gasteiger partial charge on any atom is 0.244 e. The Morgan fingerprint density at radius 2 is 1.61 bits per heavy atom. The number of anilines is 1. The molecule has 1 N–H and O–H groups in total. The second kappa shape index (κ2) is 12.8. The van der Waals surface area contributed by atoms with E-state index in [9.17, 15) is 18.0 Å². The largest absolute Gasteiger partial charge is 0.352 e. The molecule has 36 heavy (non-hydrogen) atoms. The molecule has 198 valence electrons. The summed E-state index contributed by atoms with van der Waals surface area (Å²) < 4.78 is 26.5. The van der Waals surface area contributed by atoms with Crippen molar-refractivity contribution in [3.63, 3.8) is 0 Å². The highest BCUT2D eigenvalue weighted by atomic mass is 35.5. The van der Waals surface area contributed by atoms with Crippen LogP contribution in [0.2, 0.25) is 10.0 Å². The van der Waals surface area contributed by atoms with Crippen LogP contribution in [0.15, 0.2) is 36.4 Å². The van der Waals surface area contributed by atoms with Crippen LogP contribution in [0.4, 0.5) is 5.69 Å². The van der Waals surface area contributed by atoms with Gasteiger partial charge in [0.2, 0.25) is 21.8 Å². The molecular formula is C26H35Cl2N3O4S.